The first-order valence-corrected chi connectivity index (χ1v) is 34.7. The Morgan fingerprint density at radius 3 is 1.28 bits per heavy atom. The van der Waals surface area contributed by atoms with E-state index in [1.54, 1.807) is 0 Å². The second kappa shape index (κ2) is 15.8. The van der Waals surface area contributed by atoms with Crippen molar-refractivity contribution in [3.8, 4) is 11.5 Å². The zero-order valence-electron chi connectivity index (χ0n) is 31.7. The van der Waals surface area contributed by atoms with Gasteiger partial charge in [-0.3, -0.25) is 0 Å². The van der Waals surface area contributed by atoms with E-state index in [9.17, 15) is 10.2 Å². The van der Waals surface area contributed by atoms with Crippen molar-refractivity contribution in [1.29, 1.82) is 0 Å². The molecule has 6 nitrogen and oxygen atoms in total. The minimum atomic E-state index is -2.34. The Bertz CT molecular complexity index is 1270. The van der Waals surface area contributed by atoms with Crippen LogP contribution in [0.5, 0.6) is 11.5 Å². The molecule has 0 saturated heterocycles. The quantitative estimate of drug-likeness (QED) is 0.148. The van der Waals surface area contributed by atoms with E-state index in [0.29, 0.717) is 11.5 Å². The number of aryl methyl sites for hydroxylation is 2. The fourth-order valence-electron chi connectivity index (χ4n) is 6.34. The molecule has 2 aromatic carbocycles. The van der Waals surface area contributed by atoms with Crippen LogP contribution in [0.3, 0.4) is 0 Å². The summed E-state index contributed by atoms with van der Waals surface area (Å²) in [7, 11) is -10.8. The maximum Gasteiger partial charge on any atom is 0.314 e. The Morgan fingerprint density at radius 1 is 0.587 bits per heavy atom. The van der Waals surface area contributed by atoms with E-state index < -0.39 is 51.1 Å². The molecule has 2 N–H and O–H groups in total. The van der Waals surface area contributed by atoms with Crippen LogP contribution in [0, 0.1) is 0 Å². The van der Waals surface area contributed by atoms with Crippen LogP contribution in [0.4, 0.5) is 0 Å². The van der Waals surface area contributed by atoms with Crippen LogP contribution in [-0.4, -0.2) is 61.3 Å². The van der Waals surface area contributed by atoms with Gasteiger partial charge in [-0.2, -0.15) is 0 Å². The van der Waals surface area contributed by atoms with Crippen molar-refractivity contribution in [3.05, 3.63) is 58.7 Å². The Labute approximate surface area is 288 Å². The highest BCUT2D eigenvalue weighted by Gasteiger charge is 2.40. The fraction of sp³-hybridized carbons (Fsp3) is 0.647. The number of rotatable bonds is 18. The molecule has 0 bridgehead atoms. The van der Waals surface area contributed by atoms with E-state index in [1.807, 2.05) is 24.3 Å². The highest BCUT2D eigenvalue weighted by atomic mass is 28.5. The highest BCUT2D eigenvalue weighted by Crippen LogP contribution is 2.37. The minimum Gasteiger partial charge on any atom is -0.508 e. The summed E-state index contributed by atoms with van der Waals surface area (Å²) in [4.78, 5) is 0. The van der Waals surface area contributed by atoms with Gasteiger partial charge in [-0.15, -0.1) is 0 Å². The predicted molar refractivity (Wildman–Crippen MR) is 210 cm³/mol. The number of benzene rings is 2. The van der Waals surface area contributed by atoms with Crippen LogP contribution in [0.1, 0.15) is 48.9 Å². The molecule has 0 aliphatic rings. The van der Waals surface area contributed by atoms with Gasteiger partial charge in [0.25, 0.3) is 0 Å². The van der Waals surface area contributed by atoms with Crippen molar-refractivity contribution < 1.29 is 26.7 Å². The maximum absolute atomic E-state index is 10.9. The lowest BCUT2D eigenvalue weighted by Gasteiger charge is -2.38. The molecule has 0 saturated carbocycles. The third-order valence-electron chi connectivity index (χ3n) is 7.74. The SMILES string of the molecule is C[Si](C)O[Si](C)(CCCc1cc(C(C)(C)c2ccc(O)c(CCC[Si](C)(O[Si](C)(C)C)O[Si](C)(C)C)c2)ccc1O)O[Si](C)(C)C. The summed E-state index contributed by atoms with van der Waals surface area (Å²) < 4.78 is 26.5. The van der Waals surface area contributed by atoms with Gasteiger partial charge in [0, 0.05) is 5.41 Å². The van der Waals surface area contributed by atoms with Gasteiger partial charge in [-0.1, -0.05) is 38.1 Å². The van der Waals surface area contributed by atoms with Crippen LogP contribution in [0.15, 0.2) is 36.4 Å². The second-order valence-corrected chi connectivity index (χ2v) is 40.2. The first kappa shape index (κ1) is 41.4. The summed E-state index contributed by atoms with van der Waals surface area (Å²) in [6, 6.07) is 13.9. The van der Waals surface area contributed by atoms with E-state index >= 15 is 0 Å². The number of phenolic OH excluding ortho intramolecular Hbond substituents is 2. The Balaban J connectivity index is 2.24. The van der Waals surface area contributed by atoms with Crippen LogP contribution in [0.2, 0.25) is 97.2 Å². The molecule has 2 aromatic rings. The van der Waals surface area contributed by atoms with Gasteiger partial charge in [0.05, 0.1) is 0 Å². The van der Waals surface area contributed by atoms with Crippen LogP contribution in [0.25, 0.3) is 0 Å². The summed E-state index contributed by atoms with van der Waals surface area (Å²) in [5, 5.41) is 21.7. The molecule has 261 valence electrons. The van der Waals surface area contributed by atoms with Crippen molar-refractivity contribution in [3.63, 3.8) is 0 Å². The maximum atomic E-state index is 10.9. The van der Waals surface area contributed by atoms with Crippen molar-refractivity contribution in [2.24, 2.45) is 0 Å². The Hall–Kier alpha value is -0.819. The molecule has 46 heavy (non-hydrogen) atoms. The molecule has 0 heterocycles. The summed E-state index contributed by atoms with van der Waals surface area (Å²) in [5.41, 5.74) is 3.89. The van der Waals surface area contributed by atoms with Gasteiger partial charge >= 0.3 is 17.1 Å². The average molecular weight is 738 g/mol. The smallest absolute Gasteiger partial charge is 0.314 e. The fourth-order valence-corrected chi connectivity index (χ4v) is 29.7. The second-order valence-electron chi connectivity index (χ2n) is 16.9. The van der Waals surface area contributed by atoms with Crippen molar-refractivity contribution in [1.82, 2.24) is 0 Å². The normalized spacial score (nSPS) is 15.0. The summed E-state index contributed by atoms with van der Waals surface area (Å²) in [6.07, 6.45) is 3.36. The lowest BCUT2D eigenvalue weighted by atomic mass is 9.76. The van der Waals surface area contributed by atoms with E-state index in [0.717, 1.165) is 60.0 Å². The van der Waals surface area contributed by atoms with Gasteiger partial charge < -0.3 is 26.7 Å². The van der Waals surface area contributed by atoms with Crippen LogP contribution >= 0.6 is 0 Å². The molecule has 0 fully saturated rings. The zero-order valence-corrected chi connectivity index (χ0v) is 37.7. The molecule has 1 atom stereocenters. The summed E-state index contributed by atoms with van der Waals surface area (Å²) >= 11 is 0. The predicted octanol–water partition coefficient (Wildman–Crippen LogP) is 10.3. The molecule has 12 heteroatoms. The number of hydrogen-bond donors (Lipinski definition) is 2. The highest BCUT2D eigenvalue weighted by molar-refractivity contribution is 6.87. The first-order chi connectivity index (χ1) is 20.7. The molecular formula is C34H65O6Si6. The van der Waals surface area contributed by atoms with E-state index in [4.69, 9.17) is 16.5 Å². The molecular weight excluding hydrogens is 673 g/mol. The van der Waals surface area contributed by atoms with E-state index in [2.05, 4.69) is 111 Å². The van der Waals surface area contributed by atoms with Gasteiger partial charge in [0.2, 0.25) is 0 Å². The van der Waals surface area contributed by atoms with Crippen molar-refractivity contribution in [2.75, 3.05) is 0 Å². The van der Waals surface area contributed by atoms with Crippen molar-refractivity contribution >= 4 is 51.1 Å². The lowest BCUT2D eigenvalue weighted by molar-refractivity contribution is 0.381. The van der Waals surface area contributed by atoms with Gasteiger partial charge in [-0.05, 0) is 157 Å². The number of hydrogen-bond acceptors (Lipinski definition) is 6. The molecule has 2 rings (SSSR count). The third-order valence-corrected chi connectivity index (χ3v) is 26.2. The van der Waals surface area contributed by atoms with Gasteiger partial charge in [0.15, 0.2) is 34.0 Å². The molecule has 0 amide bonds. The molecule has 0 aliphatic carbocycles. The number of phenols is 2. The molecule has 1 unspecified atom stereocenters. The molecule has 0 aromatic heterocycles. The van der Waals surface area contributed by atoms with Gasteiger partial charge in [-0.25, -0.2) is 0 Å². The topological polar surface area (TPSA) is 77.4 Å². The summed E-state index contributed by atoms with van der Waals surface area (Å²) in [6.45, 7) is 33.4. The first-order valence-electron chi connectivity index (χ1n) is 17.0. The standard InChI is InChI=1S/C34H65O6Si6/c1-34(2,30-20-22-32(35)28(26-30)18-16-24-45(14,37-41(3)4)38-42(5,6)7)31-21-23-33(36)29(27-31)19-17-25-46(15,39-43(8,9)10)40-44(11,12)13/h20-23,26-27,35-36H,16-19,24-25H2,1-15H3. The van der Waals surface area contributed by atoms with E-state index in [-0.39, 0.29) is 5.41 Å². The largest absolute Gasteiger partial charge is 0.508 e. The minimum absolute atomic E-state index is 0.314. The summed E-state index contributed by atoms with van der Waals surface area (Å²) in [5.74, 6) is 0.676. The molecule has 0 spiro atoms. The Kier molecular flexibility index (Phi) is 14.2. The molecule has 1 radical (unpaired) electrons. The van der Waals surface area contributed by atoms with E-state index in [1.165, 1.54) is 0 Å². The molecule has 0 aliphatic heterocycles. The lowest BCUT2D eigenvalue weighted by Crippen LogP contribution is -2.52. The number of aromatic hydroxyl groups is 2. The zero-order chi connectivity index (χ0) is 35.4. The average Bonchev–Trinajstić information content (AvgIpc) is 2.81. The van der Waals surface area contributed by atoms with Crippen LogP contribution < -0.4 is 0 Å². The van der Waals surface area contributed by atoms with Crippen LogP contribution in [-0.2, 0) is 34.7 Å². The van der Waals surface area contributed by atoms with Gasteiger partial charge in [0.1, 0.15) is 11.5 Å². The third kappa shape index (κ3) is 14.0. The monoisotopic (exact) mass is 737 g/mol. The van der Waals surface area contributed by atoms with Crippen molar-refractivity contribution in [2.45, 2.75) is 142 Å². The Morgan fingerprint density at radius 2 is 0.935 bits per heavy atom.